The van der Waals surface area contributed by atoms with Crippen LogP contribution in [0.3, 0.4) is 0 Å². The predicted molar refractivity (Wildman–Crippen MR) is 99.4 cm³/mol. The van der Waals surface area contributed by atoms with Crippen molar-refractivity contribution in [3.63, 3.8) is 0 Å². The summed E-state index contributed by atoms with van der Waals surface area (Å²) >= 11 is 0. The minimum absolute atomic E-state index is 0.526. The topological polar surface area (TPSA) is 32.3 Å². The van der Waals surface area contributed by atoms with Crippen LogP contribution in [0, 0.1) is 20.8 Å². The van der Waals surface area contributed by atoms with Crippen molar-refractivity contribution in [3.8, 4) is 0 Å². The van der Waals surface area contributed by atoms with Gasteiger partial charge in [-0.25, -0.2) is 0 Å². The summed E-state index contributed by atoms with van der Waals surface area (Å²) in [6.07, 6.45) is 4.20. The van der Waals surface area contributed by atoms with Gasteiger partial charge in [-0.1, -0.05) is 17.7 Å². The summed E-state index contributed by atoms with van der Waals surface area (Å²) in [6.45, 7) is 9.77. The maximum atomic E-state index is 4.30. The summed E-state index contributed by atoms with van der Waals surface area (Å²) in [5.41, 5.74) is 5.61. The summed E-state index contributed by atoms with van der Waals surface area (Å²) < 4.78 is 0. The molecule has 0 amide bonds. The molecule has 1 unspecified atom stereocenters. The van der Waals surface area contributed by atoms with E-state index in [-0.39, 0.29) is 0 Å². The van der Waals surface area contributed by atoms with Crippen LogP contribution in [0.25, 0.3) is 0 Å². The minimum atomic E-state index is 0.526. The lowest BCUT2D eigenvalue weighted by Crippen LogP contribution is -2.39. The zero-order chi connectivity index (χ0) is 17.1. The maximum absolute atomic E-state index is 4.30. The number of aryl methyl sites for hydroxylation is 3. The van der Waals surface area contributed by atoms with Crippen LogP contribution in [0.15, 0.2) is 30.5 Å². The first kappa shape index (κ1) is 16.9. The van der Waals surface area contributed by atoms with Crippen molar-refractivity contribution in [2.75, 3.05) is 25.0 Å². The molecule has 1 atom stereocenters. The molecule has 4 nitrogen and oxygen atoms in total. The van der Waals surface area contributed by atoms with Gasteiger partial charge in [0, 0.05) is 31.9 Å². The number of hydrogen-bond donors (Lipinski definition) is 0. The average Bonchev–Trinajstić information content (AvgIpc) is 3.00. The van der Waals surface area contributed by atoms with E-state index in [4.69, 9.17) is 0 Å². The fraction of sp³-hybridized carbons (Fsp3) is 0.500. The van der Waals surface area contributed by atoms with Crippen molar-refractivity contribution in [2.45, 2.75) is 46.2 Å². The average molecular weight is 324 g/mol. The van der Waals surface area contributed by atoms with Crippen LogP contribution >= 0.6 is 0 Å². The second kappa shape index (κ2) is 7.31. The van der Waals surface area contributed by atoms with Gasteiger partial charge in [0.2, 0.25) is 0 Å². The summed E-state index contributed by atoms with van der Waals surface area (Å²) in [4.78, 5) is 4.86. The third kappa shape index (κ3) is 3.75. The summed E-state index contributed by atoms with van der Waals surface area (Å²) in [6, 6.07) is 9.15. The quantitative estimate of drug-likeness (QED) is 0.842. The number of benzene rings is 1. The fourth-order valence-electron chi connectivity index (χ4n) is 3.93. The third-order valence-corrected chi connectivity index (χ3v) is 5.02. The lowest BCUT2D eigenvalue weighted by atomic mass is 9.99. The van der Waals surface area contributed by atoms with E-state index in [1.54, 1.807) is 6.20 Å². The molecule has 128 valence electrons. The molecule has 0 N–H and O–H groups in total. The lowest BCUT2D eigenvalue weighted by molar-refractivity contribution is 0.301. The van der Waals surface area contributed by atoms with Gasteiger partial charge in [0.15, 0.2) is 5.82 Å². The molecule has 0 aliphatic carbocycles. The molecule has 4 heteroatoms. The molecule has 1 aromatic carbocycles. The Hall–Kier alpha value is -1.94. The monoisotopic (exact) mass is 324 g/mol. The number of nitrogens with zero attached hydrogens (tertiary/aromatic N) is 4. The van der Waals surface area contributed by atoms with E-state index in [2.05, 4.69) is 66.0 Å². The third-order valence-electron chi connectivity index (χ3n) is 5.02. The highest BCUT2D eigenvalue weighted by Crippen LogP contribution is 2.24. The Labute approximate surface area is 145 Å². The first-order chi connectivity index (χ1) is 11.5. The van der Waals surface area contributed by atoms with E-state index in [0.717, 1.165) is 25.5 Å². The van der Waals surface area contributed by atoms with E-state index >= 15 is 0 Å². The lowest BCUT2D eigenvalue weighted by Gasteiger charge is -2.30. The molecule has 1 fully saturated rings. The van der Waals surface area contributed by atoms with Gasteiger partial charge in [0.05, 0.1) is 0 Å². The van der Waals surface area contributed by atoms with E-state index in [1.165, 1.54) is 35.1 Å². The Bertz CT molecular complexity index is 660. The zero-order valence-corrected chi connectivity index (χ0v) is 15.3. The van der Waals surface area contributed by atoms with Crippen LogP contribution in [-0.2, 0) is 6.54 Å². The molecule has 1 aliphatic rings. The minimum Gasteiger partial charge on any atom is -0.351 e. The Morgan fingerprint density at radius 1 is 1.21 bits per heavy atom. The maximum Gasteiger partial charge on any atom is 0.151 e. The van der Waals surface area contributed by atoms with Crippen molar-refractivity contribution in [2.24, 2.45) is 0 Å². The highest BCUT2D eigenvalue weighted by atomic mass is 15.3. The van der Waals surface area contributed by atoms with E-state index < -0.39 is 0 Å². The largest absolute Gasteiger partial charge is 0.351 e. The second-order valence-electron chi connectivity index (χ2n) is 7.15. The van der Waals surface area contributed by atoms with Crippen molar-refractivity contribution in [1.82, 2.24) is 15.1 Å². The van der Waals surface area contributed by atoms with Crippen LogP contribution in [0.1, 0.15) is 35.1 Å². The molecule has 2 aromatic rings. The summed E-state index contributed by atoms with van der Waals surface area (Å²) in [7, 11) is 2.23. The van der Waals surface area contributed by atoms with E-state index in [9.17, 15) is 0 Å². The van der Waals surface area contributed by atoms with E-state index in [0.29, 0.717) is 6.04 Å². The van der Waals surface area contributed by atoms with Crippen LogP contribution in [0.4, 0.5) is 5.82 Å². The SMILES string of the molecule is Cc1cc(C)c(CN(C)CC2CCCN2c2cccnn2)c(C)c1. The number of anilines is 1. The highest BCUT2D eigenvalue weighted by molar-refractivity contribution is 5.40. The molecular weight excluding hydrogens is 296 g/mol. The Balaban J connectivity index is 1.67. The van der Waals surface area contributed by atoms with Gasteiger partial charge in [0.25, 0.3) is 0 Å². The molecule has 0 radical (unpaired) electrons. The number of rotatable bonds is 5. The fourth-order valence-corrected chi connectivity index (χ4v) is 3.93. The first-order valence-electron chi connectivity index (χ1n) is 8.84. The van der Waals surface area contributed by atoms with Gasteiger partial charge < -0.3 is 9.80 Å². The molecule has 1 aromatic heterocycles. The van der Waals surface area contributed by atoms with Gasteiger partial charge in [-0.05, 0) is 69.5 Å². The Morgan fingerprint density at radius 2 is 1.96 bits per heavy atom. The van der Waals surface area contributed by atoms with Crippen molar-refractivity contribution in [3.05, 3.63) is 52.7 Å². The van der Waals surface area contributed by atoms with Crippen LogP contribution in [-0.4, -0.2) is 41.3 Å². The molecule has 0 saturated carbocycles. The van der Waals surface area contributed by atoms with Crippen LogP contribution in [0.5, 0.6) is 0 Å². The van der Waals surface area contributed by atoms with Gasteiger partial charge in [0.1, 0.15) is 0 Å². The number of hydrogen-bond acceptors (Lipinski definition) is 4. The van der Waals surface area contributed by atoms with Gasteiger partial charge >= 0.3 is 0 Å². The highest BCUT2D eigenvalue weighted by Gasteiger charge is 2.27. The smallest absolute Gasteiger partial charge is 0.151 e. The molecule has 0 bridgehead atoms. The number of aromatic nitrogens is 2. The van der Waals surface area contributed by atoms with Crippen molar-refractivity contribution < 1.29 is 0 Å². The Morgan fingerprint density at radius 3 is 2.62 bits per heavy atom. The molecule has 2 heterocycles. The number of likely N-dealkylation sites (N-methyl/N-ethyl adjacent to an activating group) is 1. The predicted octanol–water partition coefficient (Wildman–Crippen LogP) is 3.50. The van der Waals surface area contributed by atoms with Gasteiger partial charge in [-0.2, -0.15) is 5.10 Å². The van der Waals surface area contributed by atoms with Crippen LogP contribution < -0.4 is 4.90 Å². The van der Waals surface area contributed by atoms with Crippen molar-refractivity contribution in [1.29, 1.82) is 0 Å². The summed E-state index contributed by atoms with van der Waals surface area (Å²) in [5, 5.41) is 8.33. The van der Waals surface area contributed by atoms with Crippen LogP contribution in [0.2, 0.25) is 0 Å². The molecule has 1 aliphatic heterocycles. The molecule has 0 spiro atoms. The normalized spacial score (nSPS) is 17.7. The van der Waals surface area contributed by atoms with Crippen molar-refractivity contribution >= 4 is 5.82 Å². The first-order valence-corrected chi connectivity index (χ1v) is 8.84. The summed E-state index contributed by atoms with van der Waals surface area (Å²) in [5.74, 6) is 1.01. The molecule has 1 saturated heterocycles. The molecule has 24 heavy (non-hydrogen) atoms. The molecular formula is C20H28N4. The second-order valence-corrected chi connectivity index (χ2v) is 7.15. The molecule has 3 rings (SSSR count). The standard InChI is InChI=1S/C20H28N4/c1-15-11-16(2)19(17(3)12-15)14-23(4)13-18-7-6-10-24(18)20-8-5-9-21-22-20/h5,8-9,11-12,18H,6-7,10,13-14H2,1-4H3. The van der Waals surface area contributed by atoms with E-state index in [1.807, 2.05) is 6.07 Å². The Kier molecular flexibility index (Phi) is 5.14. The van der Waals surface area contributed by atoms with Gasteiger partial charge in [-0.15, -0.1) is 5.10 Å². The zero-order valence-electron chi connectivity index (χ0n) is 15.3. The van der Waals surface area contributed by atoms with Gasteiger partial charge in [-0.3, -0.25) is 0 Å².